The van der Waals surface area contributed by atoms with E-state index in [0.29, 0.717) is 0 Å². The second kappa shape index (κ2) is 12.2. The van der Waals surface area contributed by atoms with Crippen LogP contribution in [0.25, 0.3) is 21.9 Å². The summed E-state index contributed by atoms with van der Waals surface area (Å²) in [6.45, 7) is 4.16. The van der Waals surface area contributed by atoms with Crippen molar-refractivity contribution in [3.05, 3.63) is 90.0 Å². The molecule has 4 aromatic rings. The molecule has 1 fully saturated rings. The zero-order chi connectivity index (χ0) is 25.5. The van der Waals surface area contributed by atoms with Gasteiger partial charge in [0.1, 0.15) is 23.9 Å². The monoisotopic (exact) mass is 495 g/mol. The fourth-order valence-electron chi connectivity index (χ4n) is 5.29. The first-order valence-corrected chi connectivity index (χ1v) is 13.4. The molecule has 0 N–H and O–H groups in total. The molecule has 0 bridgehead atoms. The Morgan fingerprint density at radius 2 is 1.35 bits per heavy atom. The minimum atomic E-state index is 0.742. The largest absolute Gasteiger partial charge is 0.497 e. The second-order valence-electron chi connectivity index (χ2n) is 9.83. The van der Waals surface area contributed by atoms with Crippen LogP contribution in [0.3, 0.4) is 0 Å². The molecule has 0 atom stereocenters. The molecule has 192 valence electrons. The standard InChI is InChI=1S/C33H37NO3/c1-35-28-14-9-26(10-15-28)31-17-11-27-24-30(36-2)16-18-32(27)33(31)23-25-7-12-29(13-8-25)37-22-21-34-19-5-3-4-6-20-34/h7-18,24H,3-6,19-23H2,1-2H3. The van der Waals surface area contributed by atoms with Crippen molar-refractivity contribution >= 4 is 10.8 Å². The zero-order valence-electron chi connectivity index (χ0n) is 22.0. The highest BCUT2D eigenvalue weighted by Gasteiger charge is 2.13. The summed E-state index contributed by atoms with van der Waals surface area (Å²) in [6, 6.07) is 27.7. The van der Waals surface area contributed by atoms with Gasteiger partial charge in [-0.2, -0.15) is 0 Å². The molecule has 4 nitrogen and oxygen atoms in total. The predicted octanol–water partition coefficient (Wildman–Crippen LogP) is 7.37. The van der Waals surface area contributed by atoms with E-state index in [4.69, 9.17) is 14.2 Å². The van der Waals surface area contributed by atoms with Gasteiger partial charge in [-0.3, -0.25) is 4.90 Å². The molecule has 0 amide bonds. The van der Waals surface area contributed by atoms with E-state index >= 15 is 0 Å². The first-order chi connectivity index (χ1) is 18.2. The highest BCUT2D eigenvalue weighted by Crippen LogP contribution is 2.34. The van der Waals surface area contributed by atoms with Crippen molar-refractivity contribution in [2.24, 2.45) is 0 Å². The molecule has 37 heavy (non-hydrogen) atoms. The maximum Gasteiger partial charge on any atom is 0.119 e. The Morgan fingerprint density at radius 1 is 0.676 bits per heavy atom. The summed E-state index contributed by atoms with van der Waals surface area (Å²) in [5, 5.41) is 2.42. The van der Waals surface area contributed by atoms with E-state index in [9.17, 15) is 0 Å². The molecular weight excluding hydrogens is 458 g/mol. The fraction of sp³-hybridized carbons (Fsp3) is 0.333. The summed E-state index contributed by atoms with van der Waals surface area (Å²) in [5.41, 5.74) is 4.98. The van der Waals surface area contributed by atoms with Crippen molar-refractivity contribution in [3.63, 3.8) is 0 Å². The van der Waals surface area contributed by atoms with Gasteiger partial charge in [-0.25, -0.2) is 0 Å². The molecule has 4 heteroatoms. The van der Waals surface area contributed by atoms with Gasteiger partial charge in [0, 0.05) is 6.54 Å². The van der Waals surface area contributed by atoms with Gasteiger partial charge < -0.3 is 14.2 Å². The summed E-state index contributed by atoms with van der Waals surface area (Å²) in [6.07, 6.45) is 6.19. The van der Waals surface area contributed by atoms with E-state index in [1.165, 1.54) is 71.8 Å². The van der Waals surface area contributed by atoms with Gasteiger partial charge in [0.15, 0.2) is 0 Å². The molecule has 4 aromatic carbocycles. The summed E-state index contributed by atoms with van der Waals surface area (Å²) in [5.74, 6) is 2.68. The number of nitrogens with zero attached hydrogens (tertiary/aromatic N) is 1. The zero-order valence-corrected chi connectivity index (χ0v) is 22.0. The van der Waals surface area contributed by atoms with Gasteiger partial charge in [-0.1, -0.05) is 55.3 Å². The van der Waals surface area contributed by atoms with Gasteiger partial charge in [0.2, 0.25) is 0 Å². The minimum absolute atomic E-state index is 0.742. The smallest absolute Gasteiger partial charge is 0.119 e. The third-order valence-corrected chi connectivity index (χ3v) is 7.42. The number of fused-ring (bicyclic) bond motifs is 1. The van der Waals surface area contributed by atoms with Crippen LogP contribution in [-0.2, 0) is 6.42 Å². The number of ether oxygens (including phenoxy) is 3. The van der Waals surface area contributed by atoms with Crippen molar-refractivity contribution in [1.82, 2.24) is 4.90 Å². The molecule has 1 aliphatic heterocycles. The molecule has 0 unspecified atom stereocenters. The lowest BCUT2D eigenvalue weighted by Crippen LogP contribution is -2.29. The van der Waals surface area contributed by atoms with Crippen LogP contribution in [0.15, 0.2) is 78.9 Å². The Labute approximate surface area is 220 Å². The number of hydrogen-bond donors (Lipinski definition) is 0. The molecule has 0 spiro atoms. The molecule has 1 heterocycles. The lowest BCUT2D eigenvalue weighted by Gasteiger charge is -2.19. The van der Waals surface area contributed by atoms with Crippen molar-refractivity contribution < 1.29 is 14.2 Å². The number of methoxy groups -OCH3 is 2. The Bertz CT molecular complexity index is 1290. The topological polar surface area (TPSA) is 30.9 Å². The fourth-order valence-corrected chi connectivity index (χ4v) is 5.29. The first kappa shape index (κ1) is 25.2. The Hall–Kier alpha value is -3.50. The minimum Gasteiger partial charge on any atom is -0.497 e. The van der Waals surface area contributed by atoms with Crippen molar-refractivity contribution in [1.29, 1.82) is 0 Å². The molecule has 0 aromatic heterocycles. The van der Waals surface area contributed by atoms with Gasteiger partial charge in [0.25, 0.3) is 0 Å². The van der Waals surface area contributed by atoms with Crippen LogP contribution >= 0.6 is 0 Å². The van der Waals surface area contributed by atoms with Crippen LogP contribution in [0.2, 0.25) is 0 Å². The van der Waals surface area contributed by atoms with Crippen LogP contribution in [0.4, 0.5) is 0 Å². The van der Waals surface area contributed by atoms with Crippen LogP contribution in [0, 0.1) is 0 Å². The highest BCUT2D eigenvalue weighted by molar-refractivity contribution is 5.93. The van der Waals surface area contributed by atoms with Crippen molar-refractivity contribution in [2.45, 2.75) is 32.1 Å². The number of rotatable bonds is 9. The van der Waals surface area contributed by atoms with Crippen LogP contribution in [-0.4, -0.2) is 45.4 Å². The third-order valence-electron chi connectivity index (χ3n) is 7.42. The van der Waals surface area contributed by atoms with E-state index in [1.807, 2.05) is 18.2 Å². The van der Waals surface area contributed by atoms with Gasteiger partial charge in [-0.05, 0) is 102 Å². The molecular formula is C33H37NO3. The van der Waals surface area contributed by atoms with E-state index < -0.39 is 0 Å². The lowest BCUT2D eigenvalue weighted by atomic mass is 9.90. The lowest BCUT2D eigenvalue weighted by molar-refractivity contribution is 0.214. The quantitative estimate of drug-likeness (QED) is 0.243. The van der Waals surface area contributed by atoms with Gasteiger partial charge in [0.05, 0.1) is 14.2 Å². The number of likely N-dealkylation sites (tertiary alicyclic amines) is 1. The van der Waals surface area contributed by atoms with Gasteiger partial charge >= 0.3 is 0 Å². The molecule has 0 saturated carbocycles. The maximum absolute atomic E-state index is 6.10. The SMILES string of the molecule is COc1ccc(-c2ccc3cc(OC)ccc3c2Cc2ccc(OCCN3CCCCCC3)cc2)cc1. The van der Waals surface area contributed by atoms with E-state index in [0.717, 1.165) is 36.8 Å². The number of benzene rings is 4. The maximum atomic E-state index is 6.10. The molecule has 1 saturated heterocycles. The average Bonchev–Trinajstić information content (AvgIpc) is 3.23. The summed E-state index contributed by atoms with van der Waals surface area (Å²) in [4.78, 5) is 2.54. The summed E-state index contributed by atoms with van der Waals surface area (Å²) < 4.78 is 17.0. The van der Waals surface area contributed by atoms with E-state index in [1.54, 1.807) is 14.2 Å². The Balaban J connectivity index is 1.36. The summed E-state index contributed by atoms with van der Waals surface area (Å²) in [7, 11) is 3.41. The van der Waals surface area contributed by atoms with Crippen LogP contribution in [0.5, 0.6) is 17.2 Å². The van der Waals surface area contributed by atoms with Crippen molar-refractivity contribution in [2.75, 3.05) is 40.5 Å². The molecule has 1 aliphatic rings. The Morgan fingerprint density at radius 3 is 2.05 bits per heavy atom. The normalized spacial score (nSPS) is 14.3. The van der Waals surface area contributed by atoms with Crippen LogP contribution in [0.1, 0.15) is 36.8 Å². The van der Waals surface area contributed by atoms with Crippen LogP contribution < -0.4 is 14.2 Å². The van der Waals surface area contributed by atoms with E-state index in [-0.39, 0.29) is 0 Å². The predicted molar refractivity (Wildman–Crippen MR) is 152 cm³/mol. The summed E-state index contributed by atoms with van der Waals surface area (Å²) >= 11 is 0. The number of hydrogen-bond acceptors (Lipinski definition) is 4. The third kappa shape index (κ3) is 6.26. The van der Waals surface area contributed by atoms with Gasteiger partial charge in [-0.15, -0.1) is 0 Å². The molecule has 5 rings (SSSR count). The highest BCUT2D eigenvalue weighted by atomic mass is 16.5. The average molecular weight is 496 g/mol. The van der Waals surface area contributed by atoms with Crippen molar-refractivity contribution in [3.8, 4) is 28.4 Å². The molecule has 0 radical (unpaired) electrons. The second-order valence-corrected chi connectivity index (χ2v) is 9.83. The van der Waals surface area contributed by atoms with E-state index in [2.05, 4.69) is 65.6 Å². The Kier molecular flexibility index (Phi) is 8.27. The first-order valence-electron chi connectivity index (χ1n) is 13.4. The molecule has 0 aliphatic carbocycles.